The van der Waals surface area contributed by atoms with Gasteiger partial charge >= 0.3 is 11.9 Å². The Balaban J connectivity index is 2.17. The predicted octanol–water partition coefficient (Wildman–Crippen LogP) is 5.30. The number of hydrogen-bond donors (Lipinski definition) is 0. The summed E-state index contributed by atoms with van der Waals surface area (Å²) in [5, 5.41) is 9.20. The quantitative estimate of drug-likeness (QED) is 0.231. The second-order valence-corrected chi connectivity index (χ2v) is 7.11. The fraction of sp³-hybridized carbons (Fsp3) is 0.269. The number of hydrogen-bond acceptors (Lipinski definition) is 6. The van der Waals surface area contributed by atoms with Crippen LogP contribution < -0.4 is 9.47 Å². The zero-order chi connectivity index (χ0) is 23.5. The van der Waals surface area contributed by atoms with Crippen molar-refractivity contribution in [1.29, 1.82) is 5.26 Å². The second kappa shape index (κ2) is 12.1. The molecule has 0 fully saturated rings. The summed E-state index contributed by atoms with van der Waals surface area (Å²) in [7, 11) is 0. The van der Waals surface area contributed by atoms with Crippen molar-refractivity contribution in [3.63, 3.8) is 0 Å². The van der Waals surface area contributed by atoms with Crippen LogP contribution in [0.25, 0.3) is 12.2 Å². The van der Waals surface area contributed by atoms with Crippen LogP contribution in [-0.4, -0.2) is 25.2 Å². The number of benzene rings is 2. The molecule has 0 aliphatic rings. The first-order valence-electron chi connectivity index (χ1n) is 10.4. The molecule has 0 atom stereocenters. The van der Waals surface area contributed by atoms with E-state index in [1.54, 1.807) is 38.1 Å². The lowest BCUT2D eigenvalue weighted by Gasteiger charge is -2.10. The minimum Gasteiger partial charge on any atom is -0.490 e. The summed E-state index contributed by atoms with van der Waals surface area (Å²) in [5.74, 6) is -0.246. The van der Waals surface area contributed by atoms with Crippen LogP contribution in [0, 0.1) is 11.3 Å². The van der Waals surface area contributed by atoms with Crippen LogP contribution in [0.5, 0.6) is 11.5 Å². The van der Waals surface area contributed by atoms with Crippen LogP contribution in [0.2, 0.25) is 0 Å². The van der Waals surface area contributed by atoms with Crippen molar-refractivity contribution in [2.45, 2.75) is 33.6 Å². The predicted molar refractivity (Wildman–Crippen MR) is 123 cm³/mol. The first kappa shape index (κ1) is 24.4. The van der Waals surface area contributed by atoms with Crippen LogP contribution in [0.15, 0.2) is 54.1 Å². The fourth-order valence-corrected chi connectivity index (χ4v) is 2.78. The monoisotopic (exact) mass is 433 g/mol. The lowest BCUT2D eigenvalue weighted by atomic mass is 10.0. The molecular weight excluding hydrogens is 406 g/mol. The van der Waals surface area contributed by atoms with E-state index in [4.69, 9.17) is 14.2 Å². The van der Waals surface area contributed by atoms with E-state index in [1.807, 2.05) is 30.3 Å². The second-order valence-electron chi connectivity index (χ2n) is 7.11. The number of ether oxygens (including phenoxy) is 3. The number of nitriles is 1. The summed E-state index contributed by atoms with van der Waals surface area (Å²) in [6.45, 7) is 8.23. The van der Waals surface area contributed by atoms with E-state index in [1.165, 1.54) is 17.7 Å². The van der Waals surface area contributed by atoms with Gasteiger partial charge in [0.15, 0.2) is 11.5 Å². The zero-order valence-corrected chi connectivity index (χ0v) is 18.8. The molecule has 0 spiro atoms. The normalized spacial score (nSPS) is 11.3. The minimum absolute atomic E-state index is 0.134. The highest BCUT2D eigenvalue weighted by Crippen LogP contribution is 2.30. The standard InChI is InChI=1S/C26H27NO5/c1-5-30-24-16-20(15-22(17-27)26(29)31-6-2)9-13-23(24)32-25(28)14-10-19-7-11-21(12-8-19)18(3)4/h7-16,18H,5-6H2,1-4H3. The molecule has 0 radical (unpaired) electrons. The van der Waals surface area contributed by atoms with Crippen LogP contribution in [-0.2, 0) is 14.3 Å². The maximum absolute atomic E-state index is 12.3. The van der Waals surface area contributed by atoms with Gasteiger partial charge < -0.3 is 14.2 Å². The van der Waals surface area contributed by atoms with Gasteiger partial charge in [0.2, 0.25) is 0 Å². The van der Waals surface area contributed by atoms with Crippen LogP contribution in [0.3, 0.4) is 0 Å². The number of carbonyl (C=O) groups is 2. The molecule has 2 rings (SSSR count). The molecule has 0 aromatic heterocycles. The van der Waals surface area contributed by atoms with Crippen molar-refractivity contribution in [3.05, 3.63) is 70.8 Å². The topological polar surface area (TPSA) is 85.6 Å². The molecule has 6 nitrogen and oxygen atoms in total. The average Bonchev–Trinajstić information content (AvgIpc) is 2.78. The van der Waals surface area contributed by atoms with Gasteiger partial charge in [-0.3, -0.25) is 0 Å². The number of carbonyl (C=O) groups excluding carboxylic acids is 2. The van der Waals surface area contributed by atoms with E-state index in [9.17, 15) is 14.9 Å². The Bertz CT molecular complexity index is 1040. The maximum atomic E-state index is 12.3. The molecule has 0 N–H and O–H groups in total. The summed E-state index contributed by atoms with van der Waals surface area (Å²) >= 11 is 0. The number of esters is 2. The Morgan fingerprint density at radius 1 is 1.00 bits per heavy atom. The average molecular weight is 434 g/mol. The molecule has 0 saturated heterocycles. The van der Waals surface area contributed by atoms with Crippen molar-refractivity contribution in [3.8, 4) is 17.6 Å². The molecule has 166 valence electrons. The van der Waals surface area contributed by atoms with Gasteiger partial charge in [0.05, 0.1) is 13.2 Å². The first-order valence-corrected chi connectivity index (χ1v) is 10.4. The molecule has 0 bridgehead atoms. The maximum Gasteiger partial charge on any atom is 0.348 e. The molecule has 0 amide bonds. The third kappa shape index (κ3) is 7.13. The smallest absolute Gasteiger partial charge is 0.348 e. The zero-order valence-electron chi connectivity index (χ0n) is 18.8. The van der Waals surface area contributed by atoms with E-state index in [2.05, 4.69) is 13.8 Å². The fourth-order valence-electron chi connectivity index (χ4n) is 2.78. The van der Waals surface area contributed by atoms with Gasteiger partial charge in [0, 0.05) is 6.08 Å². The molecule has 32 heavy (non-hydrogen) atoms. The molecule has 0 unspecified atom stereocenters. The molecule has 0 aliphatic heterocycles. The summed E-state index contributed by atoms with van der Waals surface area (Å²) in [6, 6.07) is 14.5. The van der Waals surface area contributed by atoms with E-state index < -0.39 is 11.9 Å². The van der Waals surface area contributed by atoms with E-state index in [-0.39, 0.29) is 17.9 Å². The van der Waals surface area contributed by atoms with Crippen LogP contribution >= 0.6 is 0 Å². The van der Waals surface area contributed by atoms with Gasteiger partial charge in [-0.1, -0.05) is 44.2 Å². The third-order valence-corrected chi connectivity index (χ3v) is 4.42. The SMILES string of the molecule is CCOC(=O)C(C#N)=Cc1ccc(OC(=O)C=Cc2ccc(C(C)C)cc2)c(OCC)c1. The molecule has 2 aromatic carbocycles. The number of rotatable bonds is 9. The number of nitrogens with zero attached hydrogens (tertiary/aromatic N) is 1. The highest BCUT2D eigenvalue weighted by atomic mass is 16.6. The highest BCUT2D eigenvalue weighted by Gasteiger charge is 2.13. The lowest BCUT2D eigenvalue weighted by molar-refractivity contribution is -0.138. The van der Waals surface area contributed by atoms with Gasteiger partial charge in [0.25, 0.3) is 0 Å². The Kier molecular flexibility index (Phi) is 9.24. The molecule has 2 aromatic rings. The summed E-state index contributed by atoms with van der Waals surface area (Å²) in [5.41, 5.74) is 2.52. The molecule has 0 heterocycles. The molecular formula is C26H27NO5. The van der Waals surface area contributed by atoms with Gasteiger partial charge in [-0.05, 0) is 60.7 Å². The third-order valence-electron chi connectivity index (χ3n) is 4.42. The Morgan fingerprint density at radius 3 is 2.28 bits per heavy atom. The van der Waals surface area contributed by atoms with Crippen molar-refractivity contribution in [1.82, 2.24) is 0 Å². The highest BCUT2D eigenvalue weighted by molar-refractivity contribution is 5.98. The molecule has 0 aliphatic carbocycles. The van der Waals surface area contributed by atoms with E-state index in [0.717, 1.165) is 5.56 Å². The summed E-state index contributed by atoms with van der Waals surface area (Å²) < 4.78 is 15.9. The Labute approximate surface area is 188 Å². The Hall–Kier alpha value is -3.85. The minimum atomic E-state index is -0.699. The summed E-state index contributed by atoms with van der Waals surface area (Å²) in [4.78, 5) is 24.1. The van der Waals surface area contributed by atoms with Crippen molar-refractivity contribution in [2.24, 2.45) is 0 Å². The van der Waals surface area contributed by atoms with Gasteiger partial charge in [-0.2, -0.15) is 5.26 Å². The van der Waals surface area contributed by atoms with Gasteiger partial charge in [-0.15, -0.1) is 0 Å². The van der Waals surface area contributed by atoms with E-state index in [0.29, 0.717) is 23.8 Å². The van der Waals surface area contributed by atoms with Crippen molar-refractivity contribution in [2.75, 3.05) is 13.2 Å². The molecule has 6 heteroatoms. The summed E-state index contributed by atoms with van der Waals surface area (Å²) in [6.07, 6.45) is 4.43. The lowest BCUT2D eigenvalue weighted by Crippen LogP contribution is -2.07. The van der Waals surface area contributed by atoms with Gasteiger partial charge in [0.1, 0.15) is 11.6 Å². The van der Waals surface area contributed by atoms with Gasteiger partial charge in [-0.25, -0.2) is 9.59 Å². The van der Waals surface area contributed by atoms with Crippen LogP contribution in [0.1, 0.15) is 50.3 Å². The first-order chi connectivity index (χ1) is 15.4. The van der Waals surface area contributed by atoms with Crippen LogP contribution in [0.4, 0.5) is 0 Å². The van der Waals surface area contributed by atoms with E-state index >= 15 is 0 Å². The van der Waals surface area contributed by atoms with Crippen molar-refractivity contribution < 1.29 is 23.8 Å². The largest absolute Gasteiger partial charge is 0.490 e. The van der Waals surface area contributed by atoms with Crippen molar-refractivity contribution >= 4 is 24.1 Å². The Morgan fingerprint density at radius 2 is 1.69 bits per heavy atom. The molecule has 0 saturated carbocycles.